The second-order valence-electron chi connectivity index (χ2n) is 7.29. The van der Waals surface area contributed by atoms with Gasteiger partial charge in [0.2, 0.25) is 0 Å². The second kappa shape index (κ2) is 8.88. The Kier molecular flexibility index (Phi) is 6.32. The highest BCUT2D eigenvalue weighted by Gasteiger charge is 2.28. The standard InChI is InChI=1S/C23H29NO2/c1-3-22(26-21-11-7-8-18(2)16-21)23(25)24-14-12-20(13-15-24)17-19-9-5-4-6-10-19/h4-11,16,20,22H,3,12-15,17H2,1-2H3. The molecule has 0 aromatic heterocycles. The van der Waals surface area contributed by atoms with Crippen molar-refractivity contribution in [3.8, 4) is 5.75 Å². The van der Waals surface area contributed by atoms with Crippen molar-refractivity contribution in [2.75, 3.05) is 13.1 Å². The molecule has 1 fully saturated rings. The fourth-order valence-electron chi connectivity index (χ4n) is 3.67. The van der Waals surface area contributed by atoms with E-state index in [9.17, 15) is 4.79 Å². The van der Waals surface area contributed by atoms with Crippen LogP contribution >= 0.6 is 0 Å². The predicted octanol–water partition coefficient (Wildman–Crippen LogP) is 4.63. The number of rotatable bonds is 6. The highest BCUT2D eigenvalue weighted by atomic mass is 16.5. The number of carbonyl (C=O) groups excluding carboxylic acids is 1. The summed E-state index contributed by atoms with van der Waals surface area (Å²) < 4.78 is 5.99. The lowest BCUT2D eigenvalue weighted by atomic mass is 9.90. The Hall–Kier alpha value is -2.29. The zero-order valence-electron chi connectivity index (χ0n) is 15.9. The molecule has 3 rings (SSSR count). The summed E-state index contributed by atoms with van der Waals surface area (Å²) >= 11 is 0. The SMILES string of the molecule is CCC(Oc1cccc(C)c1)C(=O)N1CCC(Cc2ccccc2)CC1. The van der Waals surface area contributed by atoms with Crippen LogP contribution in [0.15, 0.2) is 54.6 Å². The van der Waals surface area contributed by atoms with E-state index in [0.29, 0.717) is 12.3 Å². The van der Waals surface area contributed by atoms with Crippen LogP contribution in [0.5, 0.6) is 5.75 Å². The summed E-state index contributed by atoms with van der Waals surface area (Å²) in [5.74, 6) is 1.58. The van der Waals surface area contributed by atoms with Crippen LogP contribution in [0.25, 0.3) is 0 Å². The van der Waals surface area contributed by atoms with E-state index in [0.717, 1.165) is 43.7 Å². The number of benzene rings is 2. The number of ether oxygens (including phenoxy) is 1. The molecule has 1 aliphatic heterocycles. The summed E-state index contributed by atoms with van der Waals surface area (Å²) in [4.78, 5) is 14.9. The van der Waals surface area contributed by atoms with Gasteiger partial charge in [0.25, 0.3) is 5.91 Å². The van der Waals surface area contributed by atoms with Crippen LogP contribution in [0, 0.1) is 12.8 Å². The summed E-state index contributed by atoms with van der Waals surface area (Å²) in [5.41, 5.74) is 2.54. The van der Waals surface area contributed by atoms with Crippen molar-refractivity contribution >= 4 is 5.91 Å². The molecule has 138 valence electrons. The minimum absolute atomic E-state index is 0.132. The Morgan fingerprint density at radius 2 is 1.85 bits per heavy atom. The number of aryl methyl sites for hydroxylation is 1. The fourth-order valence-corrected chi connectivity index (χ4v) is 3.67. The molecule has 1 heterocycles. The quantitative estimate of drug-likeness (QED) is 0.759. The minimum atomic E-state index is -0.387. The molecule has 26 heavy (non-hydrogen) atoms. The first-order valence-corrected chi connectivity index (χ1v) is 9.71. The lowest BCUT2D eigenvalue weighted by Crippen LogP contribution is -2.45. The molecule has 0 spiro atoms. The molecular formula is C23H29NO2. The largest absolute Gasteiger partial charge is 0.481 e. The van der Waals surface area contributed by atoms with Crippen LogP contribution in [-0.4, -0.2) is 30.0 Å². The summed E-state index contributed by atoms with van der Waals surface area (Å²) in [6.45, 7) is 5.72. The molecule has 3 nitrogen and oxygen atoms in total. The first-order valence-electron chi connectivity index (χ1n) is 9.71. The molecular weight excluding hydrogens is 322 g/mol. The third-order valence-corrected chi connectivity index (χ3v) is 5.21. The zero-order valence-corrected chi connectivity index (χ0v) is 15.9. The summed E-state index contributed by atoms with van der Waals surface area (Å²) in [5, 5.41) is 0. The molecule has 2 aromatic rings. The average Bonchev–Trinajstić information content (AvgIpc) is 2.67. The monoisotopic (exact) mass is 351 g/mol. The minimum Gasteiger partial charge on any atom is -0.481 e. The maximum absolute atomic E-state index is 12.9. The third-order valence-electron chi connectivity index (χ3n) is 5.21. The number of hydrogen-bond acceptors (Lipinski definition) is 2. The van der Waals surface area contributed by atoms with Gasteiger partial charge in [0, 0.05) is 13.1 Å². The van der Waals surface area contributed by atoms with Crippen molar-refractivity contribution in [3.05, 3.63) is 65.7 Å². The van der Waals surface area contributed by atoms with Gasteiger partial charge in [0.05, 0.1) is 0 Å². The Bertz CT molecular complexity index is 705. The van der Waals surface area contributed by atoms with Gasteiger partial charge in [-0.2, -0.15) is 0 Å². The lowest BCUT2D eigenvalue weighted by Gasteiger charge is -2.34. The Morgan fingerprint density at radius 1 is 1.12 bits per heavy atom. The van der Waals surface area contributed by atoms with Crippen molar-refractivity contribution in [3.63, 3.8) is 0 Å². The van der Waals surface area contributed by atoms with Crippen LogP contribution in [0.3, 0.4) is 0 Å². The molecule has 0 aliphatic carbocycles. The molecule has 0 radical (unpaired) electrons. The Labute approximate surface area is 157 Å². The van der Waals surface area contributed by atoms with E-state index in [1.807, 2.05) is 43.0 Å². The van der Waals surface area contributed by atoms with Crippen molar-refractivity contribution in [2.45, 2.75) is 45.6 Å². The highest BCUT2D eigenvalue weighted by molar-refractivity contribution is 5.81. The summed E-state index contributed by atoms with van der Waals surface area (Å²) in [6.07, 6.45) is 3.56. The lowest BCUT2D eigenvalue weighted by molar-refractivity contribution is -0.140. The van der Waals surface area contributed by atoms with Crippen molar-refractivity contribution in [1.29, 1.82) is 0 Å². The summed E-state index contributed by atoms with van der Waals surface area (Å²) in [7, 11) is 0. The van der Waals surface area contributed by atoms with Crippen LogP contribution in [0.2, 0.25) is 0 Å². The van der Waals surface area contributed by atoms with Gasteiger partial charge < -0.3 is 9.64 Å². The predicted molar refractivity (Wildman–Crippen MR) is 105 cm³/mol. The zero-order chi connectivity index (χ0) is 18.4. The first kappa shape index (κ1) is 18.5. The Balaban J connectivity index is 1.53. The molecule has 2 aromatic carbocycles. The Morgan fingerprint density at radius 3 is 2.50 bits per heavy atom. The normalized spacial score (nSPS) is 16.3. The molecule has 0 bridgehead atoms. The van der Waals surface area contributed by atoms with E-state index in [1.54, 1.807) is 0 Å². The molecule has 0 N–H and O–H groups in total. The topological polar surface area (TPSA) is 29.5 Å². The summed E-state index contributed by atoms with van der Waals surface area (Å²) in [6, 6.07) is 18.6. The maximum Gasteiger partial charge on any atom is 0.263 e. The fraction of sp³-hybridized carbons (Fsp3) is 0.435. The van der Waals surface area contributed by atoms with Crippen LogP contribution in [-0.2, 0) is 11.2 Å². The van der Waals surface area contributed by atoms with Gasteiger partial charge in [-0.1, -0.05) is 49.4 Å². The van der Waals surface area contributed by atoms with E-state index < -0.39 is 0 Å². The van der Waals surface area contributed by atoms with Crippen molar-refractivity contribution in [2.24, 2.45) is 5.92 Å². The van der Waals surface area contributed by atoms with Gasteiger partial charge >= 0.3 is 0 Å². The highest BCUT2D eigenvalue weighted by Crippen LogP contribution is 2.23. The van der Waals surface area contributed by atoms with Gasteiger partial charge in [-0.15, -0.1) is 0 Å². The number of carbonyl (C=O) groups is 1. The maximum atomic E-state index is 12.9. The van der Waals surface area contributed by atoms with E-state index in [-0.39, 0.29) is 12.0 Å². The van der Waals surface area contributed by atoms with Gasteiger partial charge in [-0.25, -0.2) is 0 Å². The number of likely N-dealkylation sites (tertiary alicyclic amines) is 1. The molecule has 1 atom stereocenters. The van der Waals surface area contributed by atoms with Crippen molar-refractivity contribution in [1.82, 2.24) is 4.90 Å². The van der Waals surface area contributed by atoms with E-state index in [4.69, 9.17) is 4.74 Å². The van der Waals surface area contributed by atoms with Crippen LogP contribution in [0.4, 0.5) is 0 Å². The first-order chi connectivity index (χ1) is 12.7. The van der Waals surface area contributed by atoms with Gasteiger partial charge in [-0.05, 0) is 61.8 Å². The van der Waals surface area contributed by atoms with E-state index >= 15 is 0 Å². The van der Waals surface area contributed by atoms with Gasteiger partial charge in [-0.3, -0.25) is 4.79 Å². The van der Waals surface area contributed by atoms with Gasteiger partial charge in [0.15, 0.2) is 6.10 Å². The van der Waals surface area contributed by atoms with Gasteiger partial charge in [0.1, 0.15) is 5.75 Å². The average molecular weight is 351 g/mol. The molecule has 3 heteroatoms. The third kappa shape index (κ3) is 4.87. The number of piperidine rings is 1. The molecule has 1 amide bonds. The molecule has 1 unspecified atom stereocenters. The smallest absolute Gasteiger partial charge is 0.263 e. The number of hydrogen-bond donors (Lipinski definition) is 0. The van der Waals surface area contributed by atoms with E-state index in [1.165, 1.54) is 5.56 Å². The number of nitrogens with zero attached hydrogens (tertiary/aromatic N) is 1. The van der Waals surface area contributed by atoms with Crippen LogP contribution < -0.4 is 4.74 Å². The molecule has 1 aliphatic rings. The molecule has 1 saturated heterocycles. The van der Waals surface area contributed by atoms with Crippen molar-refractivity contribution < 1.29 is 9.53 Å². The number of amides is 1. The second-order valence-corrected chi connectivity index (χ2v) is 7.29. The van der Waals surface area contributed by atoms with Crippen LogP contribution in [0.1, 0.15) is 37.3 Å². The molecule has 0 saturated carbocycles. The van der Waals surface area contributed by atoms with E-state index in [2.05, 4.69) is 30.3 Å².